The van der Waals surface area contributed by atoms with Gasteiger partial charge in [-0.05, 0) is 50.5 Å². The molecule has 29 heavy (non-hydrogen) atoms. The van der Waals surface area contributed by atoms with E-state index in [1.54, 1.807) is 6.20 Å². The van der Waals surface area contributed by atoms with Gasteiger partial charge in [-0.2, -0.15) is 5.10 Å². The first-order valence-corrected chi connectivity index (χ1v) is 9.67. The molecular weight excluding hydrogens is 364 g/mol. The van der Waals surface area contributed by atoms with Crippen molar-refractivity contribution in [1.29, 1.82) is 0 Å². The van der Waals surface area contributed by atoms with E-state index in [1.165, 1.54) is 12.0 Å². The van der Waals surface area contributed by atoms with Crippen molar-refractivity contribution < 1.29 is 9.21 Å². The van der Waals surface area contributed by atoms with E-state index in [1.807, 2.05) is 41.1 Å². The lowest BCUT2D eigenvalue weighted by molar-refractivity contribution is 0.102. The van der Waals surface area contributed by atoms with Gasteiger partial charge in [-0.25, -0.2) is 9.67 Å². The zero-order valence-electron chi connectivity index (χ0n) is 16.1. The number of carbonyl (C=O) groups excluding carboxylic acids is 1. The Morgan fingerprint density at radius 3 is 2.79 bits per heavy atom. The molecule has 6 nitrogen and oxygen atoms in total. The summed E-state index contributed by atoms with van der Waals surface area (Å²) < 4.78 is 7.26. The average molecular weight is 384 g/mol. The van der Waals surface area contributed by atoms with Gasteiger partial charge in [0.2, 0.25) is 0 Å². The third-order valence-corrected chi connectivity index (χ3v) is 5.26. The Balaban J connectivity index is 1.46. The van der Waals surface area contributed by atoms with Gasteiger partial charge < -0.3 is 9.73 Å². The summed E-state index contributed by atoms with van der Waals surface area (Å²) in [6, 6.07) is 15.7. The lowest BCUT2D eigenvalue weighted by atomic mass is 10.1. The fourth-order valence-corrected chi connectivity index (χ4v) is 3.82. The highest BCUT2D eigenvalue weighted by Gasteiger charge is 2.27. The Labute approximate surface area is 168 Å². The molecular formula is C23H20N4O2. The van der Waals surface area contributed by atoms with Crippen molar-refractivity contribution >= 4 is 11.6 Å². The summed E-state index contributed by atoms with van der Waals surface area (Å²) in [4.78, 5) is 17.0. The lowest BCUT2D eigenvalue weighted by Crippen LogP contribution is -2.15. The highest BCUT2D eigenvalue weighted by Crippen LogP contribution is 2.29. The van der Waals surface area contributed by atoms with Gasteiger partial charge >= 0.3 is 0 Å². The minimum absolute atomic E-state index is 0.191. The van der Waals surface area contributed by atoms with E-state index in [0.717, 1.165) is 41.8 Å². The molecule has 0 fully saturated rings. The van der Waals surface area contributed by atoms with E-state index in [9.17, 15) is 4.79 Å². The first-order valence-electron chi connectivity index (χ1n) is 9.67. The van der Waals surface area contributed by atoms with Crippen LogP contribution in [0, 0.1) is 6.92 Å². The zero-order chi connectivity index (χ0) is 19.8. The predicted octanol–water partition coefficient (Wildman–Crippen LogP) is 4.58. The molecule has 1 aliphatic rings. The van der Waals surface area contributed by atoms with Crippen LogP contribution in [0.1, 0.15) is 33.7 Å². The average Bonchev–Trinajstić information content (AvgIpc) is 3.47. The number of carbonyl (C=O) groups is 1. The van der Waals surface area contributed by atoms with Crippen molar-refractivity contribution in [2.45, 2.75) is 26.2 Å². The fraction of sp³-hybridized carbons (Fsp3) is 0.174. The molecule has 0 saturated carbocycles. The molecule has 0 radical (unpaired) electrons. The number of oxazole rings is 1. The molecule has 0 bridgehead atoms. The first-order chi connectivity index (χ1) is 14.2. The standard InChI is InChI=1S/C23H20N4O2/c1-15-8-10-18(11-9-15)27-20-7-3-6-19(20)22(26-27)23(28)25-17-5-2-4-16(12-17)21-13-24-14-29-21/h2,4-5,8-14H,3,6-7H2,1H3,(H,25,28). The number of rotatable bonds is 4. The lowest BCUT2D eigenvalue weighted by Gasteiger charge is -2.07. The molecule has 0 spiro atoms. The van der Waals surface area contributed by atoms with Gasteiger partial charge in [0.1, 0.15) is 0 Å². The number of nitrogens with zero attached hydrogens (tertiary/aromatic N) is 3. The Bertz CT molecular complexity index is 1170. The van der Waals surface area contributed by atoms with E-state index in [-0.39, 0.29) is 5.91 Å². The molecule has 6 heteroatoms. The van der Waals surface area contributed by atoms with Crippen LogP contribution in [0.15, 0.2) is 65.5 Å². The number of anilines is 1. The molecule has 5 rings (SSSR count). The first kappa shape index (κ1) is 17.4. The summed E-state index contributed by atoms with van der Waals surface area (Å²) in [7, 11) is 0. The smallest absolute Gasteiger partial charge is 0.276 e. The van der Waals surface area contributed by atoms with Gasteiger partial charge in [0.05, 0.1) is 11.9 Å². The molecule has 2 aromatic heterocycles. The van der Waals surface area contributed by atoms with Crippen LogP contribution in [0.3, 0.4) is 0 Å². The Morgan fingerprint density at radius 1 is 1.14 bits per heavy atom. The monoisotopic (exact) mass is 384 g/mol. The summed E-state index contributed by atoms with van der Waals surface area (Å²) in [6.45, 7) is 2.06. The number of aryl methyl sites for hydroxylation is 1. The topological polar surface area (TPSA) is 73.0 Å². The Hall–Kier alpha value is -3.67. The van der Waals surface area contributed by atoms with Gasteiger partial charge in [0, 0.05) is 22.5 Å². The fourth-order valence-electron chi connectivity index (χ4n) is 3.82. The molecule has 1 aliphatic carbocycles. The van der Waals surface area contributed by atoms with Crippen LogP contribution in [0.2, 0.25) is 0 Å². The highest BCUT2D eigenvalue weighted by atomic mass is 16.3. The second kappa shape index (κ2) is 7.05. The maximum absolute atomic E-state index is 13.0. The number of benzene rings is 2. The van der Waals surface area contributed by atoms with Gasteiger partial charge in [0.25, 0.3) is 5.91 Å². The van der Waals surface area contributed by atoms with Crippen molar-refractivity contribution in [2.75, 3.05) is 5.32 Å². The maximum Gasteiger partial charge on any atom is 0.276 e. The van der Waals surface area contributed by atoms with E-state index >= 15 is 0 Å². The molecule has 0 aliphatic heterocycles. The molecule has 1 amide bonds. The molecule has 2 heterocycles. The molecule has 0 saturated heterocycles. The molecule has 144 valence electrons. The summed E-state index contributed by atoms with van der Waals surface area (Å²) in [5, 5.41) is 7.66. The largest absolute Gasteiger partial charge is 0.444 e. The Morgan fingerprint density at radius 2 is 2.00 bits per heavy atom. The van der Waals surface area contributed by atoms with Gasteiger partial charge in [-0.3, -0.25) is 4.79 Å². The molecule has 1 N–H and O–H groups in total. The minimum atomic E-state index is -0.191. The van der Waals surface area contributed by atoms with Crippen molar-refractivity contribution in [2.24, 2.45) is 0 Å². The summed E-state index contributed by atoms with van der Waals surface area (Å²) in [5.41, 5.74) is 6.42. The van der Waals surface area contributed by atoms with Gasteiger partial charge in [-0.15, -0.1) is 0 Å². The summed E-state index contributed by atoms with van der Waals surface area (Å²) in [6.07, 6.45) is 5.89. The van der Waals surface area contributed by atoms with E-state index in [0.29, 0.717) is 17.1 Å². The molecule has 2 aromatic carbocycles. The van der Waals surface area contributed by atoms with E-state index < -0.39 is 0 Å². The number of hydrogen-bond donors (Lipinski definition) is 1. The van der Waals surface area contributed by atoms with E-state index in [4.69, 9.17) is 4.42 Å². The highest BCUT2D eigenvalue weighted by molar-refractivity contribution is 6.04. The van der Waals surface area contributed by atoms with Crippen molar-refractivity contribution in [1.82, 2.24) is 14.8 Å². The van der Waals surface area contributed by atoms with Crippen LogP contribution in [0.25, 0.3) is 17.0 Å². The number of nitrogens with one attached hydrogen (secondary N) is 1. The van der Waals surface area contributed by atoms with Crippen LogP contribution in [0.4, 0.5) is 5.69 Å². The van der Waals surface area contributed by atoms with Crippen LogP contribution in [-0.4, -0.2) is 20.7 Å². The molecule has 0 unspecified atom stereocenters. The summed E-state index contributed by atoms with van der Waals surface area (Å²) in [5.74, 6) is 0.467. The minimum Gasteiger partial charge on any atom is -0.444 e. The number of aromatic nitrogens is 3. The van der Waals surface area contributed by atoms with Gasteiger partial charge in [-0.1, -0.05) is 29.8 Å². The van der Waals surface area contributed by atoms with Crippen molar-refractivity contribution in [3.8, 4) is 17.0 Å². The summed E-state index contributed by atoms with van der Waals surface area (Å²) >= 11 is 0. The number of amides is 1. The van der Waals surface area contributed by atoms with E-state index in [2.05, 4.69) is 34.5 Å². The SMILES string of the molecule is Cc1ccc(-n2nc(C(=O)Nc3cccc(-c4cnco4)c3)c3c2CCC3)cc1. The van der Waals surface area contributed by atoms with Crippen LogP contribution in [0.5, 0.6) is 0 Å². The second-order valence-corrected chi connectivity index (χ2v) is 7.28. The van der Waals surface area contributed by atoms with Crippen LogP contribution < -0.4 is 5.32 Å². The van der Waals surface area contributed by atoms with Crippen LogP contribution >= 0.6 is 0 Å². The quantitative estimate of drug-likeness (QED) is 0.559. The molecule has 4 aromatic rings. The number of fused-ring (bicyclic) bond motifs is 1. The van der Waals surface area contributed by atoms with Gasteiger partial charge in [0.15, 0.2) is 17.8 Å². The predicted molar refractivity (Wildman–Crippen MR) is 110 cm³/mol. The maximum atomic E-state index is 13.0. The van der Waals surface area contributed by atoms with Crippen molar-refractivity contribution in [3.63, 3.8) is 0 Å². The van der Waals surface area contributed by atoms with Crippen LogP contribution in [-0.2, 0) is 12.8 Å². The third-order valence-electron chi connectivity index (χ3n) is 5.26. The zero-order valence-corrected chi connectivity index (χ0v) is 16.1. The Kier molecular flexibility index (Phi) is 4.24. The van der Waals surface area contributed by atoms with Crippen molar-refractivity contribution in [3.05, 3.63) is 83.6 Å². The third kappa shape index (κ3) is 3.23. The number of hydrogen-bond acceptors (Lipinski definition) is 4. The molecule has 0 atom stereocenters. The second-order valence-electron chi connectivity index (χ2n) is 7.28. The normalized spacial score (nSPS) is 12.7.